The van der Waals surface area contributed by atoms with E-state index in [1.54, 1.807) is 10.7 Å². The van der Waals surface area contributed by atoms with E-state index in [4.69, 9.17) is 22.1 Å². The fourth-order valence-corrected chi connectivity index (χ4v) is 1.76. The van der Waals surface area contributed by atoms with Gasteiger partial charge in [0, 0.05) is 6.20 Å². The second-order valence-electron chi connectivity index (χ2n) is 3.79. The van der Waals surface area contributed by atoms with Gasteiger partial charge in [0.1, 0.15) is 18.2 Å². The molecule has 0 unspecified atom stereocenters. The fraction of sp³-hybridized carbons (Fsp3) is 0.250. The topological polar surface area (TPSA) is 53.1 Å². The third-order valence-electron chi connectivity index (χ3n) is 2.33. The molecular formula is C12H14ClN3O. The van der Waals surface area contributed by atoms with Crippen LogP contribution in [-0.4, -0.2) is 16.4 Å². The van der Waals surface area contributed by atoms with Gasteiger partial charge in [0.05, 0.1) is 11.6 Å². The highest BCUT2D eigenvalue weighted by Crippen LogP contribution is 2.24. The van der Waals surface area contributed by atoms with E-state index < -0.39 is 0 Å². The van der Waals surface area contributed by atoms with Gasteiger partial charge in [0.25, 0.3) is 0 Å². The van der Waals surface area contributed by atoms with Crippen molar-refractivity contribution in [3.8, 4) is 5.75 Å². The Morgan fingerprint density at radius 3 is 2.88 bits per heavy atom. The summed E-state index contributed by atoms with van der Waals surface area (Å²) in [5.74, 6) is 1.20. The molecular weight excluding hydrogens is 238 g/mol. The maximum Gasteiger partial charge on any atom is 0.145 e. The number of benzene rings is 1. The summed E-state index contributed by atoms with van der Waals surface area (Å²) in [5, 5.41) is 4.69. The molecule has 0 amide bonds. The average molecular weight is 252 g/mol. The Morgan fingerprint density at radius 1 is 1.41 bits per heavy atom. The van der Waals surface area contributed by atoms with Crippen LogP contribution in [-0.2, 0) is 6.54 Å². The number of rotatable bonds is 4. The molecule has 0 fully saturated rings. The minimum Gasteiger partial charge on any atom is -0.490 e. The number of anilines is 1. The lowest BCUT2D eigenvalue weighted by Gasteiger charge is -2.08. The zero-order valence-electron chi connectivity index (χ0n) is 9.56. The van der Waals surface area contributed by atoms with E-state index in [1.807, 2.05) is 31.3 Å². The number of hydrogen-bond acceptors (Lipinski definition) is 3. The molecule has 1 aromatic carbocycles. The van der Waals surface area contributed by atoms with Crippen molar-refractivity contribution in [1.82, 2.24) is 9.78 Å². The van der Waals surface area contributed by atoms with Crippen LogP contribution in [0.4, 0.5) is 5.82 Å². The van der Waals surface area contributed by atoms with Crippen molar-refractivity contribution >= 4 is 17.4 Å². The van der Waals surface area contributed by atoms with Crippen LogP contribution in [0.3, 0.4) is 0 Å². The summed E-state index contributed by atoms with van der Waals surface area (Å²) in [6, 6.07) is 7.46. The number of aromatic nitrogens is 2. The number of ether oxygens (including phenoxy) is 1. The molecule has 0 saturated heterocycles. The first-order chi connectivity index (χ1) is 8.15. The molecule has 90 valence electrons. The molecule has 0 aliphatic heterocycles. The van der Waals surface area contributed by atoms with Crippen molar-refractivity contribution in [2.75, 3.05) is 12.3 Å². The Bertz CT molecular complexity index is 510. The van der Waals surface area contributed by atoms with Gasteiger partial charge in [-0.1, -0.05) is 17.7 Å². The predicted octanol–water partition coefficient (Wildman–Crippen LogP) is 2.51. The summed E-state index contributed by atoms with van der Waals surface area (Å²) in [7, 11) is 0. The van der Waals surface area contributed by atoms with E-state index in [-0.39, 0.29) is 0 Å². The highest BCUT2D eigenvalue weighted by molar-refractivity contribution is 6.32. The Kier molecular flexibility index (Phi) is 3.54. The first-order valence-corrected chi connectivity index (χ1v) is 5.71. The zero-order chi connectivity index (χ0) is 12.3. The monoisotopic (exact) mass is 251 g/mol. The summed E-state index contributed by atoms with van der Waals surface area (Å²) >= 11 is 6.05. The highest BCUT2D eigenvalue weighted by Gasteiger charge is 2.01. The number of halogens is 1. The van der Waals surface area contributed by atoms with Gasteiger partial charge in [0.15, 0.2) is 0 Å². The van der Waals surface area contributed by atoms with Crippen LogP contribution in [0.5, 0.6) is 5.75 Å². The van der Waals surface area contributed by atoms with Crippen molar-refractivity contribution in [3.63, 3.8) is 0 Å². The second-order valence-corrected chi connectivity index (χ2v) is 4.19. The normalized spacial score (nSPS) is 10.5. The molecule has 2 rings (SSSR count). The van der Waals surface area contributed by atoms with Crippen LogP contribution in [0, 0.1) is 6.92 Å². The minimum absolute atomic E-state index is 0.504. The Labute approximate surface area is 105 Å². The second kappa shape index (κ2) is 5.10. The molecule has 4 nitrogen and oxygen atoms in total. The number of aryl methyl sites for hydroxylation is 1. The SMILES string of the molecule is Cc1ccc(OCCn2ccc(N)n2)c(Cl)c1. The Balaban J connectivity index is 1.90. The van der Waals surface area contributed by atoms with Gasteiger partial charge in [0.2, 0.25) is 0 Å². The number of nitrogen functional groups attached to an aromatic ring is 1. The molecule has 0 aliphatic rings. The zero-order valence-corrected chi connectivity index (χ0v) is 10.3. The van der Waals surface area contributed by atoms with Gasteiger partial charge in [-0.3, -0.25) is 4.68 Å². The van der Waals surface area contributed by atoms with Gasteiger partial charge in [-0.2, -0.15) is 5.10 Å². The smallest absolute Gasteiger partial charge is 0.145 e. The molecule has 5 heteroatoms. The maximum atomic E-state index is 6.05. The third kappa shape index (κ3) is 3.14. The maximum absolute atomic E-state index is 6.05. The van der Waals surface area contributed by atoms with Crippen LogP contribution >= 0.6 is 11.6 Å². The summed E-state index contributed by atoms with van der Waals surface area (Å²) in [6.07, 6.45) is 1.81. The van der Waals surface area contributed by atoms with Gasteiger partial charge >= 0.3 is 0 Å². The molecule has 0 atom stereocenters. The summed E-state index contributed by atoms with van der Waals surface area (Å²) in [6.45, 7) is 3.13. The molecule has 1 aromatic heterocycles. The van der Waals surface area contributed by atoms with E-state index in [0.717, 1.165) is 5.56 Å². The number of nitrogens with zero attached hydrogens (tertiary/aromatic N) is 2. The van der Waals surface area contributed by atoms with Crippen molar-refractivity contribution < 1.29 is 4.74 Å². The largest absolute Gasteiger partial charge is 0.490 e. The lowest BCUT2D eigenvalue weighted by Crippen LogP contribution is -2.09. The van der Waals surface area contributed by atoms with Crippen LogP contribution in [0.15, 0.2) is 30.5 Å². The van der Waals surface area contributed by atoms with Gasteiger partial charge in [-0.05, 0) is 30.7 Å². The summed E-state index contributed by atoms with van der Waals surface area (Å²) < 4.78 is 7.30. The predicted molar refractivity (Wildman–Crippen MR) is 68.3 cm³/mol. The van der Waals surface area contributed by atoms with Crippen LogP contribution in [0.25, 0.3) is 0 Å². The van der Waals surface area contributed by atoms with E-state index in [1.165, 1.54) is 0 Å². The van der Waals surface area contributed by atoms with Crippen molar-refractivity contribution in [2.45, 2.75) is 13.5 Å². The molecule has 0 spiro atoms. The molecule has 1 heterocycles. The highest BCUT2D eigenvalue weighted by atomic mass is 35.5. The quantitative estimate of drug-likeness (QED) is 0.908. The first kappa shape index (κ1) is 11.8. The van der Waals surface area contributed by atoms with Crippen LogP contribution in [0.1, 0.15) is 5.56 Å². The molecule has 0 aliphatic carbocycles. The van der Waals surface area contributed by atoms with Gasteiger partial charge in [-0.25, -0.2) is 0 Å². The molecule has 0 radical (unpaired) electrons. The van der Waals surface area contributed by atoms with Gasteiger partial charge in [-0.15, -0.1) is 0 Å². The van der Waals surface area contributed by atoms with Crippen molar-refractivity contribution in [1.29, 1.82) is 0 Å². The number of hydrogen-bond donors (Lipinski definition) is 1. The van der Waals surface area contributed by atoms with E-state index >= 15 is 0 Å². The van der Waals surface area contributed by atoms with Crippen molar-refractivity contribution in [2.24, 2.45) is 0 Å². The number of nitrogens with two attached hydrogens (primary N) is 1. The molecule has 2 N–H and O–H groups in total. The minimum atomic E-state index is 0.504. The lowest BCUT2D eigenvalue weighted by atomic mass is 10.2. The lowest BCUT2D eigenvalue weighted by molar-refractivity contribution is 0.291. The molecule has 2 aromatic rings. The van der Waals surface area contributed by atoms with E-state index in [0.29, 0.717) is 29.7 Å². The molecule has 0 bridgehead atoms. The van der Waals surface area contributed by atoms with E-state index in [9.17, 15) is 0 Å². The van der Waals surface area contributed by atoms with E-state index in [2.05, 4.69) is 5.10 Å². The summed E-state index contributed by atoms with van der Waals surface area (Å²) in [5.41, 5.74) is 6.62. The first-order valence-electron chi connectivity index (χ1n) is 5.33. The molecule has 0 saturated carbocycles. The summed E-state index contributed by atoms with van der Waals surface area (Å²) in [4.78, 5) is 0. The Hall–Kier alpha value is -1.68. The molecule has 17 heavy (non-hydrogen) atoms. The van der Waals surface area contributed by atoms with Crippen LogP contribution < -0.4 is 10.5 Å². The van der Waals surface area contributed by atoms with Crippen LogP contribution in [0.2, 0.25) is 5.02 Å². The standard InChI is InChI=1S/C12H14ClN3O/c1-9-2-3-11(10(13)8-9)17-7-6-16-5-4-12(14)15-16/h2-5,8H,6-7H2,1H3,(H2,14,15). The third-order valence-corrected chi connectivity index (χ3v) is 2.62. The average Bonchev–Trinajstić information content (AvgIpc) is 2.68. The van der Waals surface area contributed by atoms with Gasteiger partial charge < -0.3 is 10.5 Å². The fourth-order valence-electron chi connectivity index (χ4n) is 1.47. The Morgan fingerprint density at radius 2 is 2.24 bits per heavy atom. The van der Waals surface area contributed by atoms with Crippen molar-refractivity contribution in [3.05, 3.63) is 41.0 Å².